The van der Waals surface area contributed by atoms with E-state index in [2.05, 4.69) is 27.5 Å². The fourth-order valence-electron chi connectivity index (χ4n) is 2.12. The molecule has 2 heterocycles. The van der Waals surface area contributed by atoms with Gasteiger partial charge in [0.1, 0.15) is 5.82 Å². The van der Waals surface area contributed by atoms with Crippen LogP contribution in [0.5, 0.6) is 0 Å². The monoisotopic (exact) mass is 235 g/mol. The maximum absolute atomic E-state index is 4.47. The van der Waals surface area contributed by atoms with E-state index in [1.165, 1.54) is 0 Å². The second-order valence-electron chi connectivity index (χ2n) is 4.86. The van der Waals surface area contributed by atoms with E-state index in [1.807, 2.05) is 25.1 Å². The van der Waals surface area contributed by atoms with Crippen molar-refractivity contribution in [3.63, 3.8) is 0 Å². The van der Waals surface area contributed by atoms with Crippen molar-refractivity contribution in [2.24, 2.45) is 0 Å². The van der Waals surface area contributed by atoms with Crippen molar-refractivity contribution < 1.29 is 0 Å². The Kier molecular flexibility index (Phi) is 3.78. The largest absolute Gasteiger partial charge is 0.367 e. The summed E-state index contributed by atoms with van der Waals surface area (Å²) in [4.78, 5) is 10.6. The summed E-state index contributed by atoms with van der Waals surface area (Å²) in [5.74, 6) is 1.67. The Bertz CT molecular complexity index is 366. The zero-order chi connectivity index (χ0) is 12.3. The number of hydrogen-bond acceptors (Lipinski definition) is 5. The molecule has 17 heavy (non-hydrogen) atoms. The number of hydrogen-bond donors (Lipinski definition) is 2. The second-order valence-corrected chi connectivity index (χ2v) is 4.86. The number of nitrogens with zero attached hydrogens (tertiary/aromatic N) is 3. The Balaban J connectivity index is 2.00. The second kappa shape index (κ2) is 5.31. The molecule has 1 aromatic rings. The van der Waals surface area contributed by atoms with Crippen molar-refractivity contribution in [3.8, 4) is 0 Å². The molecule has 0 aliphatic carbocycles. The highest BCUT2D eigenvalue weighted by atomic mass is 15.2. The van der Waals surface area contributed by atoms with E-state index < -0.39 is 0 Å². The molecule has 1 saturated heterocycles. The summed E-state index contributed by atoms with van der Waals surface area (Å²) in [5.41, 5.74) is 0. The molecule has 5 heteroatoms. The van der Waals surface area contributed by atoms with Gasteiger partial charge in [-0.05, 0) is 32.4 Å². The van der Waals surface area contributed by atoms with Gasteiger partial charge in [-0.1, -0.05) is 0 Å². The van der Waals surface area contributed by atoms with Crippen LogP contribution in [0, 0.1) is 0 Å². The lowest BCUT2D eigenvalue weighted by Crippen LogP contribution is -2.41. The molecule has 0 bridgehead atoms. The molecule has 2 atom stereocenters. The van der Waals surface area contributed by atoms with Crippen molar-refractivity contribution in [3.05, 3.63) is 12.3 Å². The Morgan fingerprint density at radius 1 is 1.47 bits per heavy atom. The summed E-state index contributed by atoms with van der Waals surface area (Å²) in [6.45, 7) is 3.30. The van der Waals surface area contributed by atoms with Gasteiger partial charge in [-0.25, -0.2) is 4.98 Å². The average molecular weight is 235 g/mol. The van der Waals surface area contributed by atoms with Crippen LogP contribution in [0.3, 0.4) is 0 Å². The van der Waals surface area contributed by atoms with Gasteiger partial charge in [-0.15, -0.1) is 0 Å². The maximum atomic E-state index is 4.47. The molecule has 1 aromatic heterocycles. The van der Waals surface area contributed by atoms with Crippen molar-refractivity contribution in [2.75, 3.05) is 30.9 Å². The molecule has 2 N–H and O–H groups in total. The van der Waals surface area contributed by atoms with Crippen LogP contribution in [-0.4, -0.2) is 42.7 Å². The van der Waals surface area contributed by atoms with Crippen molar-refractivity contribution in [1.29, 1.82) is 0 Å². The van der Waals surface area contributed by atoms with Crippen LogP contribution in [0.15, 0.2) is 12.3 Å². The molecule has 0 spiro atoms. The standard InChI is InChI=1S/C12H21N5/c1-9-8-10(4-6-13-9)15-11-5-7-14-12(16-11)17(2)3/h5,7,9-10,13H,4,6,8H2,1-3H3,(H,14,15,16). The highest BCUT2D eigenvalue weighted by Gasteiger charge is 2.18. The lowest BCUT2D eigenvalue weighted by Gasteiger charge is -2.29. The van der Waals surface area contributed by atoms with E-state index in [4.69, 9.17) is 0 Å². The molecule has 0 radical (unpaired) electrons. The first-order valence-corrected chi connectivity index (χ1v) is 6.15. The highest BCUT2D eigenvalue weighted by molar-refractivity contribution is 5.41. The van der Waals surface area contributed by atoms with Crippen molar-refractivity contribution in [2.45, 2.75) is 31.8 Å². The van der Waals surface area contributed by atoms with Crippen molar-refractivity contribution in [1.82, 2.24) is 15.3 Å². The van der Waals surface area contributed by atoms with Gasteiger partial charge in [-0.3, -0.25) is 0 Å². The molecular weight excluding hydrogens is 214 g/mol. The van der Waals surface area contributed by atoms with Gasteiger partial charge in [0, 0.05) is 32.4 Å². The van der Waals surface area contributed by atoms with Gasteiger partial charge in [0.05, 0.1) is 0 Å². The average Bonchev–Trinajstić information content (AvgIpc) is 2.29. The third-order valence-corrected chi connectivity index (χ3v) is 3.02. The van der Waals surface area contributed by atoms with Crippen LogP contribution in [0.4, 0.5) is 11.8 Å². The fourth-order valence-corrected chi connectivity index (χ4v) is 2.12. The first-order chi connectivity index (χ1) is 8.15. The third-order valence-electron chi connectivity index (χ3n) is 3.02. The summed E-state index contributed by atoms with van der Waals surface area (Å²) in [7, 11) is 3.90. The van der Waals surface area contributed by atoms with E-state index >= 15 is 0 Å². The lowest BCUT2D eigenvalue weighted by molar-refractivity contribution is 0.396. The summed E-state index contributed by atoms with van der Waals surface area (Å²) in [6, 6.07) is 3.02. The molecule has 0 amide bonds. The summed E-state index contributed by atoms with van der Waals surface area (Å²) in [6.07, 6.45) is 4.09. The van der Waals surface area contributed by atoms with Gasteiger partial charge in [0.25, 0.3) is 0 Å². The predicted octanol–water partition coefficient (Wildman–Crippen LogP) is 1.09. The molecule has 2 rings (SSSR count). The molecule has 0 saturated carbocycles. The molecule has 1 fully saturated rings. The summed E-state index contributed by atoms with van der Waals surface area (Å²) >= 11 is 0. The lowest BCUT2D eigenvalue weighted by atomic mass is 10.0. The summed E-state index contributed by atoms with van der Waals surface area (Å²) in [5, 5.41) is 6.94. The SMILES string of the molecule is CC1CC(Nc2ccnc(N(C)C)n2)CCN1. The number of rotatable bonds is 3. The van der Waals surface area contributed by atoms with E-state index in [-0.39, 0.29) is 0 Å². The minimum atomic E-state index is 0.510. The van der Waals surface area contributed by atoms with E-state index in [0.717, 1.165) is 31.2 Å². The van der Waals surface area contributed by atoms with Gasteiger partial charge < -0.3 is 15.5 Å². The Hall–Kier alpha value is -1.36. The highest BCUT2D eigenvalue weighted by Crippen LogP contribution is 2.15. The van der Waals surface area contributed by atoms with E-state index in [0.29, 0.717) is 12.1 Å². The Morgan fingerprint density at radius 2 is 2.29 bits per heavy atom. The van der Waals surface area contributed by atoms with Gasteiger partial charge in [-0.2, -0.15) is 4.98 Å². The number of anilines is 2. The molecule has 0 aromatic carbocycles. The van der Waals surface area contributed by atoms with Crippen LogP contribution in [0.2, 0.25) is 0 Å². The van der Waals surface area contributed by atoms with Crippen LogP contribution >= 0.6 is 0 Å². The van der Waals surface area contributed by atoms with Gasteiger partial charge in [0.2, 0.25) is 5.95 Å². The molecule has 2 unspecified atom stereocenters. The third kappa shape index (κ3) is 3.30. The Labute approximate surface area is 103 Å². The van der Waals surface area contributed by atoms with E-state index in [9.17, 15) is 0 Å². The topological polar surface area (TPSA) is 53.1 Å². The number of nitrogens with one attached hydrogen (secondary N) is 2. The minimum Gasteiger partial charge on any atom is -0.367 e. The molecule has 1 aliphatic heterocycles. The summed E-state index contributed by atoms with van der Waals surface area (Å²) < 4.78 is 0. The van der Waals surface area contributed by atoms with Crippen LogP contribution < -0.4 is 15.5 Å². The van der Waals surface area contributed by atoms with Gasteiger partial charge in [0.15, 0.2) is 0 Å². The number of piperidine rings is 1. The molecule has 5 nitrogen and oxygen atoms in total. The van der Waals surface area contributed by atoms with Crippen LogP contribution in [0.25, 0.3) is 0 Å². The normalized spacial score (nSPS) is 24.4. The predicted molar refractivity (Wildman–Crippen MR) is 70.5 cm³/mol. The molecular formula is C12H21N5. The maximum Gasteiger partial charge on any atom is 0.226 e. The zero-order valence-corrected chi connectivity index (χ0v) is 10.8. The van der Waals surface area contributed by atoms with Crippen molar-refractivity contribution >= 4 is 11.8 Å². The minimum absolute atomic E-state index is 0.510. The first kappa shape index (κ1) is 12.1. The van der Waals surface area contributed by atoms with E-state index in [1.54, 1.807) is 6.20 Å². The fraction of sp³-hybridized carbons (Fsp3) is 0.667. The molecule has 94 valence electrons. The molecule has 1 aliphatic rings. The quantitative estimate of drug-likeness (QED) is 0.821. The van der Waals surface area contributed by atoms with Crippen LogP contribution in [-0.2, 0) is 0 Å². The van der Waals surface area contributed by atoms with Gasteiger partial charge >= 0.3 is 0 Å². The van der Waals surface area contributed by atoms with Crippen LogP contribution in [0.1, 0.15) is 19.8 Å². The zero-order valence-electron chi connectivity index (χ0n) is 10.8. The Morgan fingerprint density at radius 3 is 3.00 bits per heavy atom. The number of aromatic nitrogens is 2. The smallest absolute Gasteiger partial charge is 0.226 e. The first-order valence-electron chi connectivity index (χ1n) is 6.15.